The largest absolute Gasteiger partial charge is 0.395 e. The van der Waals surface area contributed by atoms with Crippen LogP contribution in [0.1, 0.15) is 19.4 Å². The van der Waals surface area contributed by atoms with Crippen LogP contribution in [0.3, 0.4) is 0 Å². The minimum absolute atomic E-state index is 0.146. The Morgan fingerprint density at radius 1 is 1.38 bits per heavy atom. The maximum absolute atomic E-state index is 9.48. The second-order valence-electron chi connectivity index (χ2n) is 4.83. The van der Waals surface area contributed by atoms with Gasteiger partial charge in [0.15, 0.2) is 0 Å². The number of hydrogen-bond acceptors (Lipinski definition) is 1. The molecular formula is C13H16BrNO. The maximum Gasteiger partial charge on any atom is 0.0522 e. The van der Waals surface area contributed by atoms with E-state index in [0.717, 1.165) is 4.47 Å². The lowest BCUT2D eigenvalue weighted by Gasteiger charge is -2.23. The van der Waals surface area contributed by atoms with Crippen molar-refractivity contribution in [3.05, 3.63) is 34.4 Å². The fraction of sp³-hybridized carbons (Fsp3) is 0.385. The highest BCUT2D eigenvalue weighted by Crippen LogP contribution is 2.35. The van der Waals surface area contributed by atoms with Crippen LogP contribution >= 0.6 is 15.9 Å². The van der Waals surface area contributed by atoms with Crippen molar-refractivity contribution in [2.24, 2.45) is 7.05 Å². The molecule has 0 radical (unpaired) electrons. The summed E-state index contributed by atoms with van der Waals surface area (Å²) < 4.78 is 3.18. The SMILES string of the molecule is Cn1cc(Br)c2c(C(C)(C)CO)cccc21. The van der Waals surface area contributed by atoms with E-state index in [-0.39, 0.29) is 12.0 Å². The van der Waals surface area contributed by atoms with Crippen molar-refractivity contribution in [1.29, 1.82) is 0 Å². The first kappa shape index (κ1) is 11.7. The van der Waals surface area contributed by atoms with E-state index in [1.165, 1.54) is 16.5 Å². The molecule has 0 aliphatic rings. The molecule has 3 heteroatoms. The number of aryl methyl sites for hydroxylation is 1. The molecule has 0 aliphatic carbocycles. The normalized spacial score (nSPS) is 12.3. The first-order valence-corrected chi connectivity index (χ1v) is 6.11. The Kier molecular flexibility index (Phi) is 2.84. The fourth-order valence-corrected chi connectivity index (χ4v) is 2.76. The lowest BCUT2D eigenvalue weighted by atomic mass is 9.83. The number of fused-ring (bicyclic) bond motifs is 1. The summed E-state index contributed by atoms with van der Waals surface area (Å²) in [7, 11) is 2.03. The van der Waals surface area contributed by atoms with Crippen LogP contribution in [0.2, 0.25) is 0 Å². The van der Waals surface area contributed by atoms with Crippen LogP contribution in [-0.4, -0.2) is 16.3 Å². The summed E-state index contributed by atoms with van der Waals surface area (Å²) in [4.78, 5) is 0. The number of halogens is 1. The van der Waals surface area contributed by atoms with E-state index in [1.54, 1.807) is 0 Å². The number of rotatable bonds is 2. The summed E-state index contributed by atoms with van der Waals surface area (Å²) in [6, 6.07) is 6.22. The molecule has 1 heterocycles. The van der Waals surface area contributed by atoms with E-state index < -0.39 is 0 Å². The van der Waals surface area contributed by atoms with Crippen molar-refractivity contribution >= 4 is 26.8 Å². The minimum atomic E-state index is -0.219. The standard InChI is InChI=1S/C13H16BrNO/c1-13(2,8-16)9-5-4-6-11-12(9)10(14)7-15(11)3/h4-7,16H,8H2,1-3H3. The van der Waals surface area contributed by atoms with E-state index in [9.17, 15) is 5.11 Å². The minimum Gasteiger partial charge on any atom is -0.395 e. The summed E-state index contributed by atoms with van der Waals surface area (Å²) in [6.45, 7) is 4.26. The molecule has 0 fully saturated rings. The molecule has 86 valence electrons. The van der Waals surface area contributed by atoms with E-state index >= 15 is 0 Å². The van der Waals surface area contributed by atoms with Crippen molar-refractivity contribution in [3.63, 3.8) is 0 Å². The molecule has 0 bridgehead atoms. The molecule has 1 aromatic carbocycles. The maximum atomic E-state index is 9.48. The average Bonchev–Trinajstić information content (AvgIpc) is 2.55. The summed E-state index contributed by atoms with van der Waals surface area (Å²) >= 11 is 3.59. The van der Waals surface area contributed by atoms with Crippen LogP contribution in [0.15, 0.2) is 28.9 Å². The highest BCUT2D eigenvalue weighted by molar-refractivity contribution is 9.10. The van der Waals surface area contributed by atoms with E-state index in [4.69, 9.17) is 0 Å². The van der Waals surface area contributed by atoms with Gasteiger partial charge in [0.05, 0.1) is 6.61 Å². The lowest BCUT2D eigenvalue weighted by Crippen LogP contribution is -2.22. The van der Waals surface area contributed by atoms with Crippen molar-refractivity contribution in [3.8, 4) is 0 Å². The number of aliphatic hydroxyl groups excluding tert-OH is 1. The van der Waals surface area contributed by atoms with Gasteiger partial charge in [-0.1, -0.05) is 26.0 Å². The molecule has 1 N–H and O–H groups in total. The number of aromatic nitrogens is 1. The molecule has 2 nitrogen and oxygen atoms in total. The second kappa shape index (κ2) is 3.90. The first-order chi connectivity index (χ1) is 7.47. The molecule has 2 rings (SSSR count). The molecule has 0 spiro atoms. The van der Waals surface area contributed by atoms with Gasteiger partial charge in [-0.2, -0.15) is 0 Å². The zero-order chi connectivity index (χ0) is 11.9. The molecule has 0 saturated heterocycles. The molecule has 0 unspecified atom stereocenters. The Bertz CT molecular complexity index is 528. The average molecular weight is 282 g/mol. The Morgan fingerprint density at radius 2 is 2.06 bits per heavy atom. The monoisotopic (exact) mass is 281 g/mol. The van der Waals surface area contributed by atoms with Crippen LogP contribution in [0.25, 0.3) is 10.9 Å². The molecule has 0 aliphatic heterocycles. The van der Waals surface area contributed by atoms with Gasteiger partial charge in [0, 0.05) is 34.0 Å². The Hall–Kier alpha value is -0.800. The number of hydrogen-bond donors (Lipinski definition) is 1. The Labute approximate surface area is 104 Å². The van der Waals surface area contributed by atoms with Gasteiger partial charge in [-0.05, 0) is 27.6 Å². The summed E-state index contributed by atoms with van der Waals surface area (Å²) in [5, 5.41) is 10.7. The van der Waals surface area contributed by atoms with Gasteiger partial charge in [0.2, 0.25) is 0 Å². The van der Waals surface area contributed by atoms with Gasteiger partial charge in [-0.25, -0.2) is 0 Å². The smallest absolute Gasteiger partial charge is 0.0522 e. The van der Waals surface area contributed by atoms with Gasteiger partial charge >= 0.3 is 0 Å². The van der Waals surface area contributed by atoms with E-state index in [2.05, 4.69) is 52.7 Å². The molecule has 0 amide bonds. The highest BCUT2D eigenvalue weighted by atomic mass is 79.9. The molecule has 0 saturated carbocycles. The second-order valence-corrected chi connectivity index (χ2v) is 5.68. The zero-order valence-corrected chi connectivity index (χ0v) is 11.4. The molecule has 16 heavy (non-hydrogen) atoms. The van der Waals surface area contributed by atoms with Crippen LogP contribution in [-0.2, 0) is 12.5 Å². The predicted octanol–water partition coefficient (Wildman–Crippen LogP) is 3.21. The van der Waals surface area contributed by atoms with Gasteiger partial charge in [0.1, 0.15) is 0 Å². The summed E-state index contributed by atoms with van der Waals surface area (Å²) in [6.07, 6.45) is 2.06. The van der Waals surface area contributed by atoms with Crippen molar-refractivity contribution in [1.82, 2.24) is 4.57 Å². The van der Waals surface area contributed by atoms with Gasteiger partial charge in [-0.15, -0.1) is 0 Å². The van der Waals surface area contributed by atoms with Crippen LogP contribution in [0.5, 0.6) is 0 Å². The Balaban J connectivity index is 2.81. The molecular weight excluding hydrogens is 266 g/mol. The van der Waals surface area contributed by atoms with Crippen molar-refractivity contribution < 1.29 is 5.11 Å². The van der Waals surface area contributed by atoms with E-state index in [1.807, 2.05) is 13.1 Å². The lowest BCUT2D eigenvalue weighted by molar-refractivity contribution is 0.219. The summed E-state index contributed by atoms with van der Waals surface area (Å²) in [5.41, 5.74) is 2.15. The van der Waals surface area contributed by atoms with Crippen LogP contribution < -0.4 is 0 Å². The first-order valence-electron chi connectivity index (χ1n) is 5.32. The Morgan fingerprint density at radius 3 is 2.69 bits per heavy atom. The molecule has 2 aromatic rings. The third-order valence-electron chi connectivity index (χ3n) is 3.09. The topological polar surface area (TPSA) is 25.2 Å². The van der Waals surface area contributed by atoms with Crippen LogP contribution in [0, 0.1) is 0 Å². The number of benzene rings is 1. The molecule has 1 aromatic heterocycles. The number of aliphatic hydroxyl groups is 1. The molecule has 0 atom stereocenters. The quantitative estimate of drug-likeness (QED) is 0.899. The van der Waals surface area contributed by atoms with Crippen molar-refractivity contribution in [2.75, 3.05) is 6.61 Å². The van der Waals surface area contributed by atoms with Gasteiger partial charge in [-0.3, -0.25) is 0 Å². The van der Waals surface area contributed by atoms with Gasteiger partial charge in [0.25, 0.3) is 0 Å². The zero-order valence-electron chi connectivity index (χ0n) is 9.79. The van der Waals surface area contributed by atoms with Crippen LogP contribution in [0.4, 0.5) is 0 Å². The third-order valence-corrected chi connectivity index (χ3v) is 3.69. The van der Waals surface area contributed by atoms with Crippen molar-refractivity contribution in [2.45, 2.75) is 19.3 Å². The third kappa shape index (κ3) is 1.68. The summed E-state index contributed by atoms with van der Waals surface area (Å²) in [5.74, 6) is 0. The highest BCUT2D eigenvalue weighted by Gasteiger charge is 2.23. The van der Waals surface area contributed by atoms with Gasteiger partial charge < -0.3 is 9.67 Å². The number of nitrogens with zero attached hydrogens (tertiary/aromatic N) is 1. The fourth-order valence-electron chi connectivity index (χ4n) is 2.04. The van der Waals surface area contributed by atoms with E-state index in [0.29, 0.717) is 0 Å². The predicted molar refractivity (Wildman–Crippen MR) is 70.7 cm³/mol.